The van der Waals surface area contributed by atoms with Crippen LogP contribution in [0.3, 0.4) is 0 Å². The summed E-state index contributed by atoms with van der Waals surface area (Å²) in [6.45, 7) is 0. The van der Waals surface area contributed by atoms with Gasteiger partial charge in [0.15, 0.2) is 0 Å². The molecule has 1 aromatic carbocycles. The van der Waals surface area contributed by atoms with Crippen molar-refractivity contribution in [2.45, 2.75) is 12.6 Å². The number of esters is 1. The lowest BCUT2D eigenvalue weighted by Gasteiger charge is -2.12. The molecule has 0 spiro atoms. The highest BCUT2D eigenvalue weighted by atomic mass is 19.4. The molecule has 0 unspecified atom stereocenters. The first-order chi connectivity index (χ1) is 8.83. The number of benzene rings is 1. The van der Waals surface area contributed by atoms with Crippen molar-refractivity contribution in [1.82, 2.24) is 0 Å². The van der Waals surface area contributed by atoms with Crippen LogP contribution in [0.15, 0.2) is 12.1 Å². The SMILES string of the molecule is COC(=O)Cc1cc(C#N)c(C(F)(F)F)cc1C=O. The number of carbonyl (C=O) groups excluding carboxylic acids is 2. The van der Waals surface area contributed by atoms with Crippen molar-refractivity contribution in [3.05, 3.63) is 34.4 Å². The zero-order valence-corrected chi connectivity index (χ0v) is 9.75. The van der Waals surface area contributed by atoms with Gasteiger partial charge in [-0.3, -0.25) is 9.59 Å². The lowest BCUT2D eigenvalue weighted by Crippen LogP contribution is -2.12. The molecule has 7 heteroatoms. The normalized spacial score (nSPS) is 10.7. The summed E-state index contributed by atoms with van der Waals surface area (Å²) in [6, 6.07) is 2.83. The van der Waals surface area contributed by atoms with Gasteiger partial charge in [0.1, 0.15) is 6.29 Å². The number of aldehydes is 1. The maximum absolute atomic E-state index is 12.7. The molecule has 4 nitrogen and oxygen atoms in total. The summed E-state index contributed by atoms with van der Waals surface area (Å²) in [5.41, 5.74) is -2.12. The van der Waals surface area contributed by atoms with Crippen LogP contribution in [-0.4, -0.2) is 19.4 Å². The summed E-state index contributed by atoms with van der Waals surface area (Å²) in [6.07, 6.45) is -4.92. The van der Waals surface area contributed by atoms with E-state index in [1.165, 1.54) is 6.07 Å². The Kier molecular flexibility index (Phi) is 4.27. The van der Waals surface area contributed by atoms with Gasteiger partial charge in [0.25, 0.3) is 0 Å². The Labute approximate surface area is 106 Å². The third-order valence-corrected chi connectivity index (χ3v) is 2.39. The van der Waals surface area contributed by atoms with E-state index in [4.69, 9.17) is 5.26 Å². The topological polar surface area (TPSA) is 67.2 Å². The number of methoxy groups -OCH3 is 1. The van der Waals surface area contributed by atoms with Crippen LogP contribution in [-0.2, 0) is 22.1 Å². The second-order valence-electron chi connectivity index (χ2n) is 3.58. The smallest absolute Gasteiger partial charge is 0.417 e. The van der Waals surface area contributed by atoms with Crippen LogP contribution < -0.4 is 0 Å². The lowest BCUT2D eigenvalue weighted by atomic mass is 9.97. The molecule has 0 N–H and O–H groups in total. The van der Waals surface area contributed by atoms with Crippen molar-refractivity contribution in [2.24, 2.45) is 0 Å². The molecule has 0 amide bonds. The van der Waals surface area contributed by atoms with Crippen LogP contribution in [0.4, 0.5) is 13.2 Å². The minimum absolute atomic E-state index is 0.0198. The summed E-state index contributed by atoms with van der Waals surface area (Å²) < 4.78 is 42.3. The van der Waals surface area contributed by atoms with Gasteiger partial charge >= 0.3 is 12.1 Å². The number of nitrogens with zero attached hydrogens (tertiary/aromatic N) is 1. The predicted octanol–water partition coefficient (Wildman–Crippen LogP) is 2.11. The van der Waals surface area contributed by atoms with Crippen molar-refractivity contribution in [1.29, 1.82) is 5.26 Å². The highest BCUT2D eigenvalue weighted by Gasteiger charge is 2.34. The molecule has 0 bridgehead atoms. The zero-order valence-electron chi connectivity index (χ0n) is 9.75. The van der Waals surface area contributed by atoms with Crippen LogP contribution in [0.5, 0.6) is 0 Å². The number of ether oxygens (including phenoxy) is 1. The molecule has 0 aliphatic carbocycles. The first kappa shape index (κ1) is 14.7. The van der Waals surface area contributed by atoms with Gasteiger partial charge in [-0.15, -0.1) is 0 Å². The molecule has 0 aliphatic rings. The summed E-state index contributed by atoms with van der Waals surface area (Å²) in [5.74, 6) is -0.716. The largest absolute Gasteiger partial charge is 0.469 e. The number of hydrogen-bond donors (Lipinski definition) is 0. The minimum atomic E-state index is -4.74. The average molecular weight is 271 g/mol. The quantitative estimate of drug-likeness (QED) is 0.623. The number of alkyl halides is 3. The van der Waals surface area contributed by atoms with E-state index in [1.54, 1.807) is 0 Å². The maximum atomic E-state index is 12.7. The number of nitriles is 1. The Balaban J connectivity index is 3.41. The number of halogens is 3. The Morgan fingerprint density at radius 3 is 2.53 bits per heavy atom. The number of hydrogen-bond acceptors (Lipinski definition) is 4. The van der Waals surface area contributed by atoms with Crippen molar-refractivity contribution < 1.29 is 27.5 Å². The van der Waals surface area contributed by atoms with Crippen molar-refractivity contribution in [3.63, 3.8) is 0 Å². The third-order valence-electron chi connectivity index (χ3n) is 2.39. The van der Waals surface area contributed by atoms with E-state index in [-0.39, 0.29) is 23.8 Å². The van der Waals surface area contributed by atoms with Gasteiger partial charge in [0.05, 0.1) is 30.7 Å². The number of carbonyl (C=O) groups is 2. The lowest BCUT2D eigenvalue weighted by molar-refractivity contribution is -0.139. The van der Waals surface area contributed by atoms with Gasteiger partial charge in [0, 0.05) is 5.56 Å². The van der Waals surface area contributed by atoms with Crippen LogP contribution in [0.25, 0.3) is 0 Å². The monoisotopic (exact) mass is 271 g/mol. The molecule has 0 aliphatic heterocycles. The predicted molar refractivity (Wildman–Crippen MR) is 57.3 cm³/mol. The maximum Gasteiger partial charge on any atom is 0.417 e. The number of rotatable bonds is 3. The van der Waals surface area contributed by atoms with Crippen LogP contribution in [0.1, 0.15) is 27.0 Å². The van der Waals surface area contributed by atoms with Gasteiger partial charge in [-0.05, 0) is 17.7 Å². The Bertz CT molecular complexity index is 559. The van der Waals surface area contributed by atoms with Gasteiger partial charge in [-0.1, -0.05) is 0 Å². The molecular formula is C12H8F3NO3. The van der Waals surface area contributed by atoms with E-state index in [1.807, 2.05) is 0 Å². The Morgan fingerprint density at radius 2 is 2.11 bits per heavy atom. The molecule has 0 radical (unpaired) electrons. The first-order valence-corrected chi connectivity index (χ1v) is 4.99. The van der Waals surface area contributed by atoms with Gasteiger partial charge in [-0.2, -0.15) is 18.4 Å². The fourth-order valence-electron chi connectivity index (χ4n) is 1.48. The van der Waals surface area contributed by atoms with E-state index in [2.05, 4.69) is 4.74 Å². The molecule has 0 heterocycles. The fourth-order valence-corrected chi connectivity index (χ4v) is 1.48. The molecule has 0 atom stereocenters. The van der Waals surface area contributed by atoms with E-state index in [9.17, 15) is 22.8 Å². The summed E-state index contributed by atoms with van der Waals surface area (Å²) >= 11 is 0. The third kappa shape index (κ3) is 3.31. The van der Waals surface area contributed by atoms with Gasteiger partial charge < -0.3 is 4.74 Å². The fraction of sp³-hybridized carbons (Fsp3) is 0.250. The summed E-state index contributed by atoms with van der Waals surface area (Å²) in [7, 11) is 1.11. The molecule has 100 valence electrons. The van der Waals surface area contributed by atoms with Crippen LogP contribution in [0.2, 0.25) is 0 Å². The van der Waals surface area contributed by atoms with Gasteiger partial charge in [-0.25, -0.2) is 0 Å². The van der Waals surface area contributed by atoms with E-state index < -0.39 is 23.3 Å². The molecule has 0 fully saturated rings. The molecule has 19 heavy (non-hydrogen) atoms. The second kappa shape index (κ2) is 5.52. The van der Waals surface area contributed by atoms with Crippen LogP contribution >= 0.6 is 0 Å². The molecule has 1 rings (SSSR count). The Morgan fingerprint density at radius 1 is 1.47 bits per heavy atom. The molecule has 0 saturated heterocycles. The molecule has 0 aromatic heterocycles. The molecule has 1 aromatic rings. The Hall–Kier alpha value is -2.36. The average Bonchev–Trinajstić information content (AvgIpc) is 2.36. The zero-order chi connectivity index (χ0) is 14.6. The van der Waals surface area contributed by atoms with Gasteiger partial charge in [0.2, 0.25) is 0 Å². The van der Waals surface area contributed by atoms with Crippen molar-refractivity contribution in [3.8, 4) is 6.07 Å². The molecule has 0 saturated carbocycles. The van der Waals surface area contributed by atoms with E-state index in [0.717, 1.165) is 13.2 Å². The van der Waals surface area contributed by atoms with Crippen molar-refractivity contribution >= 4 is 12.3 Å². The summed E-state index contributed by atoms with van der Waals surface area (Å²) in [5, 5.41) is 8.71. The first-order valence-electron chi connectivity index (χ1n) is 4.99. The standard InChI is InChI=1S/C12H8F3NO3/c1-19-11(18)4-7-2-8(5-16)10(12(13,14)15)3-9(7)6-17/h2-3,6H,4H2,1H3. The summed E-state index contributed by atoms with van der Waals surface area (Å²) in [4.78, 5) is 21.9. The second-order valence-corrected chi connectivity index (χ2v) is 3.58. The highest BCUT2D eigenvalue weighted by Crippen LogP contribution is 2.33. The van der Waals surface area contributed by atoms with E-state index >= 15 is 0 Å². The minimum Gasteiger partial charge on any atom is -0.469 e. The van der Waals surface area contributed by atoms with Crippen LogP contribution in [0, 0.1) is 11.3 Å². The highest BCUT2D eigenvalue weighted by molar-refractivity contribution is 5.82. The molecular weight excluding hydrogens is 263 g/mol. The van der Waals surface area contributed by atoms with E-state index in [0.29, 0.717) is 6.07 Å². The van der Waals surface area contributed by atoms with Crippen molar-refractivity contribution in [2.75, 3.05) is 7.11 Å².